The second-order valence-corrected chi connectivity index (χ2v) is 0.714. The SMILES string of the molecule is [N][SH](=O)=O. The van der Waals surface area contributed by atoms with Crippen LogP contribution in [0.1, 0.15) is 0 Å². The Labute approximate surface area is 25.5 Å². The molecule has 4 heavy (non-hydrogen) atoms. The minimum Gasteiger partial charge on any atom is -0.213 e. The van der Waals surface area contributed by atoms with Gasteiger partial charge in [-0.25, -0.2) is 8.42 Å². The van der Waals surface area contributed by atoms with Gasteiger partial charge < -0.3 is 0 Å². The van der Waals surface area contributed by atoms with Crippen LogP contribution in [-0.4, -0.2) is 8.42 Å². The predicted molar refractivity (Wildman–Crippen MR) is 12.4 cm³/mol. The standard InChI is InChI=1S/HNO2S/c1-4(2)3/h4H. The van der Waals surface area contributed by atoms with E-state index in [1.807, 2.05) is 0 Å². The fraction of sp³-hybridized carbons (Fsp3) is 0. The summed E-state index contributed by atoms with van der Waals surface area (Å²) in [6.45, 7) is 0. The summed E-state index contributed by atoms with van der Waals surface area (Å²) < 4.78 is 17.2. The maximum absolute atomic E-state index is 8.59. The molecule has 0 aliphatic rings. The van der Waals surface area contributed by atoms with Gasteiger partial charge in [-0.3, -0.25) is 0 Å². The fourth-order valence-corrected chi connectivity index (χ4v) is 0. The molecule has 0 aliphatic heterocycles. The van der Waals surface area contributed by atoms with Crippen LogP contribution in [0.2, 0.25) is 0 Å². The normalized spacial score (nSPS) is 8.50. The zero-order valence-electron chi connectivity index (χ0n) is 1.71. The van der Waals surface area contributed by atoms with Crippen LogP contribution in [0.15, 0.2) is 0 Å². The van der Waals surface area contributed by atoms with Crippen molar-refractivity contribution in [3.63, 3.8) is 0 Å². The topological polar surface area (TPSA) is 56.4 Å². The summed E-state index contributed by atoms with van der Waals surface area (Å²) in [5.41, 5.74) is 0. The lowest BCUT2D eigenvalue weighted by Gasteiger charge is -1.37. The molecule has 0 spiro atoms. The summed E-state index contributed by atoms with van der Waals surface area (Å²) in [6.07, 6.45) is 0. The van der Waals surface area contributed by atoms with E-state index in [0.29, 0.717) is 0 Å². The zero-order valence-corrected chi connectivity index (χ0v) is 2.61. The van der Waals surface area contributed by atoms with Crippen molar-refractivity contribution in [2.24, 2.45) is 0 Å². The van der Waals surface area contributed by atoms with Crippen LogP contribution in [0.4, 0.5) is 0 Å². The van der Waals surface area contributed by atoms with E-state index >= 15 is 0 Å². The lowest BCUT2D eigenvalue weighted by molar-refractivity contribution is 0.615. The molecule has 4 heteroatoms. The van der Waals surface area contributed by atoms with Crippen LogP contribution >= 0.6 is 0 Å². The predicted octanol–water partition coefficient (Wildman–Crippen LogP) is -1.42. The molecule has 0 atom stereocenters. The van der Waals surface area contributed by atoms with Crippen molar-refractivity contribution in [1.82, 2.24) is 5.14 Å². The zero-order chi connectivity index (χ0) is 3.58. The largest absolute Gasteiger partial charge is 0.234 e. The van der Waals surface area contributed by atoms with Gasteiger partial charge in [-0.1, -0.05) is 0 Å². The van der Waals surface area contributed by atoms with Crippen molar-refractivity contribution in [2.75, 3.05) is 0 Å². The monoisotopic (exact) mass is 79.0 g/mol. The van der Waals surface area contributed by atoms with Gasteiger partial charge in [0.2, 0.25) is 10.9 Å². The van der Waals surface area contributed by atoms with Gasteiger partial charge in [0.15, 0.2) is 0 Å². The molecule has 0 bridgehead atoms. The smallest absolute Gasteiger partial charge is 0.213 e. The first-order valence-corrected chi connectivity index (χ1v) is 1.70. The van der Waals surface area contributed by atoms with Gasteiger partial charge in [-0.05, 0) is 5.14 Å². The molecule has 0 unspecified atom stereocenters. The molecule has 0 heterocycles. The van der Waals surface area contributed by atoms with E-state index < -0.39 is 10.9 Å². The minimum absolute atomic E-state index is 3.12. The Morgan fingerprint density at radius 1 is 1.50 bits per heavy atom. The molecular weight excluding hydrogens is 78.1 g/mol. The molecule has 0 rings (SSSR count). The van der Waals surface area contributed by atoms with Gasteiger partial charge in [-0.15, -0.1) is 0 Å². The molecule has 0 aromatic heterocycles. The Bertz CT molecular complexity index is 54.4. The number of hydrogen-bond donors (Lipinski definition) is 1. The summed E-state index contributed by atoms with van der Waals surface area (Å²) in [6, 6.07) is 0. The van der Waals surface area contributed by atoms with Crippen LogP contribution < -0.4 is 5.14 Å². The van der Waals surface area contributed by atoms with Crippen LogP contribution in [0.25, 0.3) is 0 Å². The Morgan fingerprint density at radius 3 is 1.50 bits per heavy atom. The molecule has 24 valence electrons. The maximum atomic E-state index is 8.59. The highest BCUT2D eigenvalue weighted by Crippen LogP contribution is 1.23. The van der Waals surface area contributed by atoms with E-state index in [9.17, 15) is 0 Å². The molecule has 0 aromatic carbocycles. The van der Waals surface area contributed by atoms with E-state index in [0.717, 1.165) is 0 Å². The van der Waals surface area contributed by atoms with Crippen molar-refractivity contribution in [3.05, 3.63) is 0 Å². The van der Waals surface area contributed by atoms with Crippen LogP contribution in [-0.2, 0) is 10.9 Å². The molecule has 0 aromatic rings. The summed E-state index contributed by atoms with van der Waals surface area (Å²) in [4.78, 5) is 0. The molecule has 0 saturated heterocycles. The number of thiol groups is 1. The van der Waals surface area contributed by atoms with Gasteiger partial charge in [0.1, 0.15) is 0 Å². The highest BCUT2D eigenvalue weighted by atomic mass is 32.2. The molecule has 0 amide bonds. The summed E-state index contributed by atoms with van der Waals surface area (Å²) >= 11 is 0. The number of rotatable bonds is 0. The lowest BCUT2D eigenvalue weighted by Crippen LogP contribution is -1.63. The second-order valence-electron chi connectivity index (χ2n) is 0.238. The molecule has 0 saturated carbocycles. The van der Waals surface area contributed by atoms with Gasteiger partial charge in [0.25, 0.3) is 0 Å². The molecule has 2 radical (unpaired) electrons. The van der Waals surface area contributed by atoms with E-state index in [-0.39, 0.29) is 0 Å². The van der Waals surface area contributed by atoms with Gasteiger partial charge in [-0.2, -0.15) is 0 Å². The van der Waals surface area contributed by atoms with Crippen LogP contribution in [0.5, 0.6) is 0 Å². The number of hydrogen-bond acceptors (Lipinski definition) is 2. The van der Waals surface area contributed by atoms with E-state index in [1.165, 1.54) is 0 Å². The van der Waals surface area contributed by atoms with E-state index in [1.54, 1.807) is 0 Å². The molecule has 0 aliphatic carbocycles. The highest BCUT2D eigenvalue weighted by Gasteiger charge is 1.49. The summed E-state index contributed by atoms with van der Waals surface area (Å²) in [5, 5.41) is 7.01. The number of nitrogens with zero attached hydrogens (tertiary/aromatic N) is 1. The third kappa shape index (κ3) is 195. The first-order chi connectivity index (χ1) is 1.73. The first kappa shape index (κ1) is 3.91. The van der Waals surface area contributed by atoms with Gasteiger partial charge >= 0.3 is 0 Å². The van der Waals surface area contributed by atoms with Crippen molar-refractivity contribution in [1.29, 1.82) is 0 Å². The van der Waals surface area contributed by atoms with Crippen molar-refractivity contribution >= 4 is 10.9 Å². The fourth-order valence-electron chi connectivity index (χ4n) is 0. The Kier molecular flexibility index (Phi) is 1.23. The average Bonchev–Trinajstić information content (AvgIpc) is 0.811. The Morgan fingerprint density at radius 2 is 1.50 bits per heavy atom. The molecular formula is HNO2S. The average molecular weight is 79.1 g/mol. The summed E-state index contributed by atoms with van der Waals surface area (Å²) in [7, 11) is -3.12. The van der Waals surface area contributed by atoms with Gasteiger partial charge in [0, 0.05) is 0 Å². The molecule has 0 fully saturated rings. The third-order valence-electron chi connectivity index (χ3n) is 0. The van der Waals surface area contributed by atoms with Crippen LogP contribution in [0.3, 0.4) is 0 Å². The van der Waals surface area contributed by atoms with Crippen molar-refractivity contribution in [3.8, 4) is 0 Å². The minimum atomic E-state index is -3.12. The third-order valence-corrected chi connectivity index (χ3v) is 0. The molecule has 0 N–H and O–H groups in total. The van der Waals surface area contributed by atoms with Crippen LogP contribution in [0, 0.1) is 0 Å². The van der Waals surface area contributed by atoms with Gasteiger partial charge in [0.05, 0.1) is 0 Å². The van der Waals surface area contributed by atoms with Crippen molar-refractivity contribution in [2.45, 2.75) is 0 Å². The van der Waals surface area contributed by atoms with E-state index in [2.05, 4.69) is 0 Å². The molecule has 3 nitrogen and oxygen atoms in total. The quantitative estimate of drug-likeness (QED) is 0.362. The Hall–Kier alpha value is -0.0900. The highest BCUT2D eigenvalue weighted by molar-refractivity contribution is 7.69. The Balaban J connectivity index is 3.51. The first-order valence-electron chi connectivity index (χ1n) is 0.565. The van der Waals surface area contributed by atoms with E-state index in [4.69, 9.17) is 13.6 Å². The summed E-state index contributed by atoms with van der Waals surface area (Å²) in [5.74, 6) is 0. The lowest BCUT2D eigenvalue weighted by atomic mass is 14.0. The maximum Gasteiger partial charge on any atom is 0.234 e. The van der Waals surface area contributed by atoms with Crippen molar-refractivity contribution < 1.29 is 8.42 Å². The second kappa shape index (κ2) is 1.25.